The minimum absolute atomic E-state index is 0.0173. The van der Waals surface area contributed by atoms with Crippen LogP contribution in [0.25, 0.3) is 0 Å². The molecular weight excluding hydrogens is 216 g/mol. The first kappa shape index (κ1) is 11.8. The fraction of sp³-hybridized carbons (Fsp3) is 0.462. The van der Waals surface area contributed by atoms with E-state index in [2.05, 4.69) is 10.3 Å². The van der Waals surface area contributed by atoms with E-state index >= 15 is 0 Å². The third kappa shape index (κ3) is 3.12. The number of aryl methyl sites for hydroxylation is 1. The molecule has 2 rings (SSSR count). The average Bonchev–Trinajstić information content (AvgIpc) is 2.76. The molecule has 0 amide bonds. The van der Waals surface area contributed by atoms with Crippen LogP contribution < -0.4 is 10.1 Å². The van der Waals surface area contributed by atoms with Crippen LogP contribution in [0.1, 0.15) is 12.5 Å². The van der Waals surface area contributed by atoms with Crippen LogP contribution in [0.5, 0.6) is 5.75 Å². The van der Waals surface area contributed by atoms with Crippen molar-refractivity contribution in [3.63, 3.8) is 0 Å². The van der Waals surface area contributed by atoms with E-state index in [1.54, 1.807) is 0 Å². The molecule has 1 atom stereocenters. The number of hydrogen-bond donors (Lipinski definition) is 1. The average molecular weight is 234 g/mol. The molecule has 4 heteroatoms. The molecule has 0 saturated heterocycles. The van der Waals surface area contributed by atoms with Gasteiger partial charge in [-0.1, -0.05) is 18.2 Å². The second-order valence-corrected chi connectivity index (χ2v) is 3.99. The van der Waals surface area contributed by atoms with Gasteiger partial charge in [-0.15, -0.1) is 0 Å². The van der Waals surface area contributed by atoms with Gasteiger partial charge in [-0.3, -0.25) is 0 Å². The lowest BCUT2D eigenvalue weighted by molar-refractivity contribution is 0.138. The molecule has 1 aliphatic rings. The zero-order valence-electron chi connectivity index (χ0n) is 10.3. The summed E-state index contributed by atoms with van der Waals surface area (Å²) in [7, 11) is 0. The van der Waals surface area contributed by atoms with Gasteiger partial charge >= 0.3 is 0 Å². The van der Waals surface area contributed by atoms with Gasteiger partial charge in [0.2, 0.25) is 0 Å². The predicted octanol–water partition coefficient (Wildman–Crippen LogP) is 1.74. The number of benzene rings is 1. The van der Waals surface area contributed by atoms with Crippen LogP contribution in [0.3, 0.4) is 0 Å². The van der Waals surface area contributed by atoms with Crippen LogP contribution in [-0.4, -0.2) is 31.8 Å². The Morgan fingerprint density at radius 2 is 2.29 bits per heavy atom. The Labute approximate surface area is 102 Å². The second-order valence-electron chi connectivity index (χ2n) is 3.99. The van der Waals surface area contributed by atoms with Gasteiger partial charge < -0.3 is 14.8 Å². The van der Waals surface area contributed by atoms with Crippen LogP contribution in [-0.2, 0) is 4.74 Å². The lowest BCUT2D eigenvalue weighted by Crippen LogP contribution is -2.28. The van der Waals surface area contributed by atoms with Crippen molar-refractivity contribution < 1.29 is 9.47 Å². The maximum absolute atomic E-state index is 5.72. The van der Waals surface area contributed by atoms with Gasteiger partial charge in [0.15, 0.2) is 6.10 Å². The summed E-state index contributed by atoms with van der Waals surface area (Å²) < 4.78 is 11.3. The van der Waals surface area contributed by atoms with Crippen LogP contribution in [0, 0.1) is 6.92 Å². The minimum Gasteiger partial charge on any atom is -0.489 e. The number of ether oxygens (including phenoxy) is 2. The molecule has 0 spiro atoms. The third-order valence-electron chi connectivity index (χ3n) is 2.56. The Morgan fingerprint density at radius 3 is 3.06 bits per heavy atom. The first-order chi connectivity index (χ1) is 8.29. The standard InChI is InChI=1S/C13H18N2O2/c1-3-14-13-15-8-11(17-13)9-16-12-7-5-4-6-10(12)2/h4-7,11H,3,8-9H2,1-2H3,(H,14,15). The van der Waals surface area contributed by atoms with Gasteiger partial charge in [-0.25, -0.2) is 4.99 Å². The van der Waals surface area contributed by atoms with Crippen molar-refractivity contribution in [2.24, 2.45) is 4.99 Å². The first-order valence-electron chi connectivity index (χ1n) is 5.93. The summed E-state index contributed by atoms with van der Waals surface area (Å²) in [5.41, 5.74) is 1.14. The minimum atomic E-state index is 0.0173. The SMILES string of the molecule is CCNC1=NCC(COc2ccccc2C)O1. The normalized spacial score (nSPS) is 18.5. The summed E-state index contributed by atoms with van der Waals surface area (Å²) >= 11 is 0. The summed E-state index contributed by atoms with van der Waals surface area (Å²) in [6.45, 7) is 6.07. The van der Waals surface area contributed by atoms with E-state index in [1.807, 2.05) is 38.1 Å². The third-order valence-corrected chi connectivity index (χ3v) is 2.56. The summed E-state index contributed by atoms with van der Waals surface area (Å²) in [6, 6.07) is 8.60. The maximum Gasteiger partial charge on any atom is 0.285 e. The van der Waals surface area contributed by atoms with Crippen LogP contribution in [0.2, 0.25) is 0 Å². The van der Waals surface area contributed by atoms with Crippen LogP contribution in [0.15, 0.2) is 29.3 Å². The van der Waals surface area contributed by atoms with E-state index in [0.717, 1.165) is 17.9 Å². The number of hydrogen-bond acceptors (Lipinski definition) is 4. The number of amidine groups is 1. The van der Waals surface area contributed by atoms with E-state index in [-0.39, 0.29) is 6.10 Å². The highest BCUT2D eigenvalue weighted by Gasteiger charge is 2.19. The molecule has 1 heterocycles. The van der Waals surface area contributed by atoms with Gasteiger partial charge in [-0.2, -0.15) is 0 Å². The van der Waals surface area contributed by atoms with Crippen molar-refractivity contribution >= 4 is 6.02 Å². The summed E-state index contributed by atoms with van der Waals surface area (Å²) in [5.74, 6) is 0.910. The van der Waals surface area contributed by atoms with Gasteiger partial charge in [0.05, 0.1) is 6.54 Å². The number of aliphatic imine (C=N–C) groups is 1. The molecule has 0 radical (unpaired) electrons. The topological polar surface area (TPSA) is 42.9 Å². The molecule has 92 valence electrons. The Kier molecular flexibility index (Phi) is 3.85. The molecule has 1 aliphatic heterocycles. The van der Waals surface area contributed by atoms with E-state index < -0.39 is 0 Å². The van der Waals surface area contributed by atoms with E-state index in [0.29, 0.717) is 19.2 Å². The molecule has 17 heavy (non-hydrogen) atoms. The summed E-state index contributed by atoms with van der Waals surface area (Å²) in [5, 5.41) is 3.06. The molecule has 1 aromatic carbocycles. The van der Waals surface area contributed by atoms with E-state index in [9.17, 15) is 0 Å². The van der Waals surface area contributed by atoms with E-state index in [4.69, 9.17) is 9.47 Å². The molecule has 0 fully saturated rings. The van der Waals surface area contributed by atoms with Gasteiger partial charge in [-0.05, 0) is 25.5 Å². The Bertz CT molecular complexity index is 404. The number of rotatable bonds is 4. The summed E-state index contributed by atoms with van der Waals surface area (Å²) in [6.07, 6.45) is 0.0173. The number of para-hydroxylation sites is 1. The van der Waals surface area contributed by atoms with Crippen LogP contribution in [0.4, 0.5) is 0 Å². The highest BCUT2D eigenvalue weighted by atomic mass is 16.6. The van der Waals surface area contributed by atoms with Crippen molar-refractivity contribution in [1.82, 2.24) is 5.32 Å². The lowest BCUT2D eigenvalue weighted by atomic mass is 10.2. The van der Waals surface area contributed by atoms with E-state index in [1.165, 1.54) is 0 Å². The molecule has 1 N–H and O–H groups in total. The highest BCUT2D eigenvalue weighted by molar-refractivity contribution is 5.75. The summed E-state index contributed by atoms with van der Waals surface area (Å²) in [4.78, 5) is 4.24. The molecule has 1 aromatic rings. The zero-order chi connectivity index (χ0) is 12.1. The van der Waals surface area contributed by atoms with Crippen molar-refractivity contribution in [2.45, 2.75) is 20.0 Å². The zero-order valence-corrected chi connectivity index (χ0v) is 10.3. The highest BCUT2D eigenvalue weighted by Crippen LogP contribution is 2.17. The lowest BCUT2D eigenvalue weighted by Gasteiger charge is -2.14. The van der Waals surface area contributed by atoms with Crippen LogP contribution >= 0.6 is 0 Å². The second kappa shape index (κ2) is 5.57. The van der Waals surface area contributed by atoms with Gasteiger partial charge in [0.25, 0.3) is 6.02 Å². The molecule has 0 aromatic heterocycles. The monoisotopic (exact) mass is 234 g/mol. The van der Waals surface area contributed by atoms with Crippen molar-refractivity contribution in [2.75, 3.05) is 19.7 Å². The fourth-order valence-electron chi connectivity index (χ4n) is 1.65. The van der Waals surface area contributed by atoms with Gasteiger partial charge in [0.1, 0.15) is 12.4 Å². The molecule has 0 bridgehead atoms. The predicted molar refractivity (Wildman–Crippen MR) is 67.5 cm³/mol. The first-order valence-corrected chi connectivity index (χ1v) is 5.93. The molecule has 4 nitrogen and oxygen atoms in total. The largest absolute Gasteiger partial charge is 0.489 e. The molecule has 0 aliphatic carbocycles. The molecule has 0 saturated carbocycles. The fourth-order valence-corrected chi connectivity index (χ4v) is 1.65. The number of nitrogens with zero attached hydrogens (tertiary/aromatic N) is 1. The Balaban J connectivity index is 1.79. The molecule has 1 unspecified atom stereocenters. The maximum atomic E-state index is 5.72. The Morgan fingerprint density at radius 1 is 1.47 bits per heavy atom. The van der Waals surface area contributed by atoms with Gasteiger partial charge in [0, 0.05) is 6.54 Å². The van der Waals surface area contributed by atoms with Crippen molar-refractivity contribution in [3.8, 4) is 5.75 Å². The quantitative estimate of drug-likeness (QED) is 0.863. The Hall–Kier alpha value is -1.71. The van der Waals surface area contributed by atoms with Crippen molar-refractivity contribution in [1.29, 1.82) is 0 Å². The number of nitrogens with one attached hydrogen (secondary N) is 1. The smallest absolute Gasteiger partial charge is 0.285 e. The molecular formula is C13H18N2O2. The van der Waals surface area contributed by atoms with Crippen molar-refractivity contribution in [3.05, 3.63) is 29.8 Å².